The Bertz CT molecular complexity index is 75.6. The van der Waals surface area contributed by atoms with Crippen LogP contribution in [0.25, 0.3) is 0 Å². The minimum absolute atomic E-state index is 0.646. The normalized spacial score (nSPS) is 18.0. The van der Waals surface area contributed by atoms with Crippen molar-refractivity contribution in [3.63, 3.8) is 0 Å². The van der Waals surface area contributed by atoms with Gasteiger partial charge in [-0.25, -0.2) is 4.39 Å². The Labute approximate surface area is 60.8 Å². The summed E-state index contributed by atoms with van der Waals surface area (Å²) in [6.45, 7) is 6.40. The highest BCUT2D eigenvalue weighted by Gasteiger charge is 2.25. The SMILES string of the molecule is CCN(CC)C(C)(F)Cl. The summed E-state index contributed by atoms with van der Waals surface area (Å²) in [4.78, 5) is 1.54. The molecule has 0 N–H and O–H groups in total. The van der Waals surface area contributed by atoms with Crippen LogP contribution < -0.4 is 0 Å². The molecule has 0 aliphatic carbocycles. The van der Waals surface area contributed by atoms with Crippen LogP contribution in [-0.2, 0) is 0 Å². The van der Waals surface area contributed by atoms with Crippen LogP contribution in [0.15, 0.2) is 0 Å². The quantitative estimate of drug-likeness (QED) is 0.444. The molecule has 3 heteroatoms. The Hall–Kier alpha value is 0.180. The van der Waals surface area contributed by atoms with Gasteiger partial charge in [-0.3, -0.25) is 4.90 Å². The minimum Gasteiger partial charge on any atom is -0.259 e. The minimum atomic E-state index is -1.68. The Balaban J connectivity index is 3.79. The molecular weight excluding hydrogens is 141 g/mol. The third kappa shape index (κ3) is 3.01. The predicted molar refractivity (Wildman–Crippen MR) is 38.3 cm³/mol. The van der Waals surface area contributed by atoms with E-state index in [9.17, 15) is 4.39 Å². The van der Waals surface area contributed by atoms with Gasteiger partial charge in [0.1, 0.15) is 0 Å². The van der Waals surface area contributed by atoms with E-state index in [-0.39, 0.29) is 0 Å². The van der Waals surface area contributed by atoms with Gasteiger partial charge in [0.2, 0.25) is 5.25 Å². The molecule has 0 fully saturated rings. The van der Waals surface area contributed by atoms with Crippen LogP contribution in [0, 0.1) is 0 Å². The second-order valence-electron chi connectivity index (χ2n) is 2.01. The molecule has 0 aromatic rings. The van der Waals surface area contributed by atoms with E-state index in [0.29, 0.717) is 13.1 Å². The summed E-state index contributed by atoms with van der Waals surface area (Å²) in [6.07, 6.45) is 0. The second kappa shape index (κ2) is 3.37. The first-order valence-corrected chi connectivity index (χ1v) is 3.53. The zero-order chi connectivity index (χ0) is 7.49. The van der Waals surface area contributed by atoms with Crippen molar-refractivity contribution in [3.8, 4) is 0 Å². The Morgan fingerprint density at radius 2 is 1.78 bits per heavy atom. The van der Waals surface area contributed by atoms with Crippen LogP contribution in [0.2, 0.25) is 0 Å². The van der Waals surface area contributed by atoms with Gasteiger partial charge in [0.15, 0.2) is 0 Å². The maximum Gasteiger partial charge on any atom is 0.236 e. The molecule has 0 radical (unpaired) electrons. The number of halogens is 2. The average molecular weight is 154 g/mol. The van der Waals surface area contributed by atoms with Gasteiger partial charge in [-0.15, -0.1) is 0 Å². The van der Waals surface area contributed by atoms with Crippen molar-refractivity contribution in [2.75, 3.05) is 13.1 Å². The third-order valence-electron chi connectivity index (χ3n) is 1.32. The number of alkyl halides is 2. The van der Waals surface area contributed by atoms with Crippen molar-refractivity contribution < 1.29 is 4.39 Å². The molecule has 0 saturated heterocycles. The molecule has 0 bridgehead atoms. The van der Waals surface area contributed by atoms with E-state index in [2.05, 4.69) is 0 Å². The van der Waals surface area contributed by atoms with Gasteiger partial charge in [0.25, 0.3) is 0 Å². The van der Waals surface area contributed by atoms with Gasteiger partial charge in [-0.05, 0) is 20.0 Å². The van der Waals surface area contributed by atoms with Crippen molar-refractivity contribution in [2.24, 2.45) is 0 Å². The molecule has 0 aromatic heterocycles. The van der Waals surface area contributed by atoms with E-state index in [1.807, 2.05) is 13.8 Å². The van der Waals surface area contributed by atoms with Crippen molar-refractivity contribution in [1.29, 1.82) is 0 Å². The van der Waals surface area contributed by atoms with Crippen molar-refractivity contribution >= 4 is 11.6 Å². The van der Waals surface area contributed by atoms with E-state index < -0.39 is 5.25 Å². The summed E-state index contributed by atoms with van der Waals surface area (Å²) in [5.41, 5.74) is 0. The van der Waals surface area contributed by atoms with Crippen LogP contribution in [0.1, 0.15) is 20.8 Å². The Morgan fingerprint density at radius 1 is 1.44 bits per heavy atom. The molecule has 0 amide bonds. The van der Waals surface area contributed by atoms with E-state index in [1.165, 1.54) is 11.8 Å². The number of rotatable bonds is 3. The summed E-state index contributed by atoms with van der Waals surface area (Å²) in [5, 5.41) is -1.68. The molecule has 1 unspecified atom stereocenters. The van der Waals surface area contributed by atoms with E-state index in [4.69, 9.17) is 11.6 Å². The summed E-state index contributed by atoms with van der Waals surface area (Å²) < 4.78 is 12.7. The first-order valence-electron chi connectivity index (χ1n) is 3.15. The Morgan fingerprint density at radius 3 is 1.78 bits per heavy atom. The third-order valence-corrected chi connectivity index (χ3v) is 1.56. The fourth-order valence-electron chi connectivity index (χ4n) is 0.779. The molecule has 0 aromatic carbocycles. The largest absolute Gasteiger partial charge is 0.259 e. The predicted octanol–water partition coefficient (Wildman–Crippen LogP) is 2.21. The highest BCUT2D eigenvalue weighted by Crippen LogP contribution is 2.20. The second-order valence-corrected chi connectivity index (χ2v) is 2.70. The molecule has 56 valence electrons. The van der Waals surface area contributed by atoms with Gasteiger partial charge >= 0.3 is 0 Å². The fraction of sp³-hybridized carbons (Fsp3) is 1.00. The van der Waals surface area contributed by atoms with Crippen LogP contribution >= 0.6 is 11.6 Å². The zero-order valence-electron chi connectivity index (χ0n) is 6.12. The smallest absolute Gasteiger partial charge is 0.236 e. The zero-order valence-corrected chi connectivity index (χ0v) is 6.87. The number of hydrogen-bond acceptors (Lipinski definition) is 1. The van der Waals surface area contributed by atoms with Crippen molar-refractivity contribution in [3.05, 3.63) is 0 Å². The number of nitrogens with zero attached hydrogens (tertiary/aromatic N) is 1. The van der Waals surface area contributed by atoms with Gasteiger partial charge in [-0.1, -0.05) is 25.4 Å². The average Bonchev–Trinajstić information content (AvgIpc) is 1.65. The molecule has 0 saturated carbocycles. The lowest BCUT2D eigenvalue weighted by Gasteiger charge is -2.26. The lowest BCUT2D eigenvalue weighted by molar-refractivity contribution is 0.0684. The lowest BCUT2D eigenvalue weighted by atomic mass is 10.5. The molecule has 1 nitrogen and oxygen atoms in total. The Kier molecular flexibility index (Phi) is 3.44. The monoisotopic (exact) mass is 153 g/mol. The van der Waals surface area contributed by atoms with Gasteiger partial charge in [0, 0.05) is 0 Å². The van der Waals surface area contributed by atoms with Gasteiger partial charge < -0.3 is 0 Å². The topological polar surface area (TPSA) is 3.24 Å². The van der Waals surface area contributed by atoms with Crippen molar-refractivity contribution in [2.45, 2.75) is 26.0 Å². The highest BCUT2D eigenvalue weighted by atomic mass is 35.5. The first-order chi connectivity index (χ1) is 4.02. The number of hydrogen-bond donors (Lipinski definition) is 0. The van der Waals surface area contributed by atoms with Crippen molar-refractivity contribution in [1.82, 2.24) is 4.90 Å². The molecule has 9 heavy (non-hydrogen) atoms. The standard InChI is InChI=1S/C6H13ClFN/c1-4-9(5-2)6(3,7)8/h4-5H2,1-3H3. The van der Waals surface area contributed by atoms with E-state index in [1.54, 1.807) is 0 Å². The van der Waals surface area contributed by atoms with Crippen LogP contribution in [0.5, 0.6) is 0 Å². The van der Waals surface area contributed by atoms with Crippen LogP contribution in [-0.4, -0.2) is 23.2 Å². The summed E-state index contributed by atoms with van der Waals surface area (Å²) in [6, 6.07) is 0. The summed E-state index contributed by atoms with van der Waals surface area (Å²) in [5.74, 6) is 0. The van der Waals surface area contributed by atoms with E-state index >= 15 is 0 Å². The molecule has 1 atom stereocenters. The maximum absolute atomic E-state index is 12.7. The van der Waals surface area contributed by atoms with E-state index in [0.717, 1.165) is 0 Å². The summed E-state index contributed by atoms with van der Waals surface area (Å²) >= 11 is 5.36. The summed E-state index contributed by atoms with van der Waals surface area (Å²) in [7, 11) is 0. The maximum atomic E-state index is 12.7. The van der Waals surface area contributed by atoms with Gasteiger partial charge in [0.05, 0.1) is 0 Å². The first kappa shape index (κ1) is 9.18. The lowest BCUT2D eigenvalue weighted by Crippen LogP contribution is -2.37. The molecular formula is C6H13ClFN. The molecule has 0 heterocycles. The molecule has 0 aliphatic heterocycles. The molecule has 0 spiro atoms. The van der Waals surface area contributed by atoms with Crippen LogP contribution in [0.3, 0.4) is 0 Å². The highest BCUT2D eigenvalue weighted by molar-refractivity contribution is 6.22. The van der Waals surface area contributed by atoms with Crippen LogP contribution in [0.4, 0.5) is 4.39 Å². The fourth-order valence-corrected chi connectivity index (χ4v) is 1.02. The van der Waals surface area contributed by atoms with Gasteiger partial charge in [-0.2, -0.15) is 0 Å². The molecule has 0 rings (SSSR count). The molecule has 0 aliphatic rings.